The van der Waals surface area contributed by atoms with Gasteiger partial charge in [-0.15, -0.1) is 0 Å². The highest BCUT2D eigenvalue weighted by Crippen LogP contribution is 2.40. The number of methoxy groups -OCH3 is 1. The Kier molecular flexibility index (Phi) is 7.51. The zero-order valence-electron chi connectivity index (χ0n) is 19.9. The van der Waals surface area contributed by atoms with Gasteiger partial charge < -0.3 is 19.5 Å². The second-order valence-electron chi connectivity index (χ2n) is 8.38. The summed E-state index contributed by atoms with van der Waals surface area (Å²) in [4.78, 5) is 27.9. The van der Waals surface area contributed by atoms with Gasteiger partial charge in [-0.2, -0.15) is 0 Å². The number of aliphatic hydroxyl groups is 1. The van der Waals surface area contributed by atoms with E-state index in [9.17, 15) is 14.7 Å². The number of rotatable bonds is 9. The normalized spacial score (nSPS) is 17.0. The lowest BCUT2D eigenvalue weighted by Gasteiger charge is -2.25. The first kappa shape index (κ1) is 24.1. The van der Waals surface area contributed by atoms with Crippen molar-refractivity contribution in [1.82, 2.24) is 4.90 Å². The van der Waals surface area contributed by atoms with E-state index in [4.69, 9.17) is 9.47 Å². The Hall–Kier alpha value is -4.06. The molecule has 1 N–H and O–H groups in total. The van der Waals surface area contributed by atoms with Crippen LogP contribution in [0.2, 0.25) is 0 Å². The number of aliphatic hydroxyl groups excluding tert-OH is 1. The van der Waals surface area contributed by atoms with Crippen LogP contribution < -0.4 is 9.47 Å². The zero-order chi connectivity index (χ0) is 24.8. The zero-order valence-corrected chi connectivity index (χ0v) is 19.9. The Balaban J connectivity index is 1.74. The fourth-order valence-electron chi connectivity index (χ4n) is 4.25. The number of likely N-dealkylation sites (tertiary alicyclic amines) is 1. The molecule has 1 atom stereocenters. The Morgan fingerprint density at radius 1 is 0.943 bits per heavy atom. The van der Waals surface area contributed by atoms with Crippen molar-refractivity contribution in [3.63, 3.8) is 0 Å². The average Bonchev–Trinajstić information content (AvgIpc) is 3.16. The molecule has 1 aliphatic rings. The first-order valence-electron chi connectivity index (χ1n) is 11.7. The number of carbonyl (C=O) groups is 2. The SMILES string of the molecule is CCCOc1ccc(C(O)=C2C(=O)C(=O)N(CCc3ccccc3)C2c2cccc(OC)c2)cc1. The van der Waals surface area contributed by atoms with Crippen LogP contribution in [-0.2, 0) is 16.0 Å². The van der Waals surface area contributed by atoms with Gasteiger partial charge in [0.25, 0.3) is 11.7 Å². The van der Waals surface area contributed by atoms with Gasteiger partial charge in [-0.25, -0.2) is 0 Å². The van der Waals surface area contributed by atoms with E-state index in [2.05, 4.69) is 0 Å². The molecule has 0 bridgehead atoms. The van der Waals surface area contributed by atoms with Crippen LogP contribution in [0, 0.1) is 0 Å². The molecule has 1 amide bonds. The fraction of sp³-hybridized carbons (Fsp3) is 0.241. The van der Waals surface area contributed by atoms with E-state index in [-0.39, 0.29) is 11.3 Å². The number of benzene rings is 3. The van der Waals surface area contributed by atoms with Gasteiger partial charge in [0.05, 0.1) is 25.3 Å². The number of carbonyl (C=O) groups excluding carboxylic acids is 2. The average molecular weight is 472 g/mol. The maximum atomic E-state index is 13.2. The molecule has 0 radical (unpaired) electrons. The van der Waals surface area contributed by atoms with Crippen LogP contribution in [0.3, 0.4) is 0 Å². The first-order valence-corrected chi connectivity index (χ1v) is 11.7. The van der Waals surface area contributed by atoms with Crippen LogP contribution in [0.1, 0.15) is 36.1 Å². The third kappa shape index (κ3) is 5.22. The highest BCUT2D eigenvalue weighted by Gasteiger charge is 2.45. The molecule has 0 aromatic heterocycles. The number of ether oxygens (including phenoxy) is 2. The third-order valence-corrected chi connectivity index (χ3v) is 6.03. The van der Waals surface area contributed by atoms with E-state index in [0.717, 1.165) is 12.0 Å². The van der Waals surface area contributed by atoms with E-state index in [1.807, 2.05) is 49.4 Å². The van der Waals surface area contributed by atoms with Gasteiger partial charge in [0.2, 0.25) is 0 Å². The molecule has 3 aromatic carbocycles. The lowest BCUT2D eigenvalue weighted by molar-refractivity contribution is -0.139. The minimum Gasteiger partial charge on any atom is -0.507 e. The largest absolute Gasteiger partial charge is 0.507 e. The van der Waals surface area contributed by atoms with Crippen LogP contribution in [0.15, 0.2) is 84.4 Å². The van der Waals surface area contributed by atoms with Gasteiger partial charge in [0.15, 0.2) is 0 Å². The predicted octanol–water partition coefficient (Wildman–Crippen LogP) is 5.15. The summed E-state index contributed by atoms with van der Waals surface area (Å²) in [6.45, 7) is 2.94. The summed E-state index contributed by atoms with van der Waals surface area (Å²) in [5, 5.41) is 11.2. The minimum atomic E-state index is -0.732. The molecule has 3 aromatic rings. The molecule has 0 aliphatic carbocycles. The molecule has 1 heterocycles. The number of ketones is 1. The second kappa shape index (κ2) is 10.9. The molecular formula is C29H29NO5. The highest BCUT2D eigenvalue weighted by atomic mass is 16.5. The van der Waals surface area contributed by atoms with Gasteiger partial charge in [-0.05, 0) is 60.4 Å². The summed E-state index contributed by atoms with van der Waals surface area (Å²) in [6, 6.07) is 23.2. The van der Waals surface area contributed by atoms with Crippen LogP contribution in [-0.4, -0.2) is 42.0 Å². The van der Waals surface area contributed by atoms with Crippen molar-refractivity contribution in [1.29, 1.82) is 0 Å². The topological polar surface area (TPSA) is 76.1 Å². The van der Waals surface area contributed by atoms with Gasteiger partial charge >= 0.3 is 0 Å². The summed E-state index contributed by atoms with van der Waals surface area (Å²) in [5.41, 5.74) is 2.27. The Morgan fingerprint density at radius 2 is 1.69 bits per heavy atom. The van der Waals surface area contributed by atoms with Crippen LogP contribution >= 0.6 is 0 Å². The molecule has 4 rings (SSSR count). The molecule has 1 unspecified atom stereocenters. The summed E-state index contributed by atoms with van der Waals surface area (Å²) < 4.78 is 11.0. The number of amides is 1. The molecular weight excluding hydrogens is 442 g/mol. The van der Waals surface area contributed by atoms with Crippen molar-refractivity contribution in [3.05, 3.63) is 101 Å². The summed E-state index contributed by atoms with van der Waals surface area (Å²) in [6.07, 6.45) is 1.46. The van der Waals surface area contributed by atoms with E-state index in [1.165, 1.54) is 4.90 Å². The number of hydrogen-bond donors (Lipinski definition) is 1. The standard InChI is InChI=1S/C29H29NO5/c1-3-18-35-23-14-12-21(13-15-23)27(31)25-26(22-10-7-11-24(19-22)34-2)30(29(33)28(25)32)17-16-20-8-5-4-6-9-20/h4-15,19,26,31H,3,16-18H2,1-2H3. The van der Waals surface area contributed by atoms with Gasteiger partial charge in [0.1, 0.15) is 17.3 Å². The molecule has 35 heavy (non-hydrogen) atoms. The molecule has 180 valence electrons. The van der Waals surface area contributed by atoms with Crippen LogP contribution in [0.4, 0.5) is 0 Å². The molecule has 1 aliphatic heterocycles. The predicted molar refractivity (Wildman–Crippen MR) is 134 cm³/mol. The van der Waals surface area contributed by atoms with Crippen LogP contribution in [0.5, 0.6) is 11.5 Å². The lowest BCUT2D eigenvalue weighted by atomic mass is 9.95. The van der Waals surface area contributed by atoms with Crippen molar-refractivity contribution in [3.8, 4) is 11.5 Å². The monoisotopic (exact) mass is 471 g/mol. The maximum Gasteiger partial charge on any atom is 0.295 e. The first-order chi connectivity index (χ1) is 17.0. The second-order valence-corrected chi connectivity index (χ2v) is 8.38. The molecule has 6 heteroatoms. The Labute approximate surface area is 205 Å². The van der Waals surface area contributed by atoms with E-state index in [0.29, 0.717) is 42.2 Å². The van der Waals surface area contributed by atoms with Crippen molar-refractivity contribution < 1.29 is 24.2 Å². The van der Waals surface area contributed by atoms with Crippen molar-refractivity contribution in [2.45, 2.75) is 25.8 Å². The van der Waals surface area contributed by atoms with E-state index in [1.54, 1.807) is 43.5 Å². The van der Waals surface area contributed by atoms with E-state index < -0.39 is 17.7 Å². The van der Waals surface area contributed by atoms with Crippen molar-refractivity contribution >= 4 is 17.4 Å². The summed E-state index contributed by atoms with van der Waals surface area (Å²) >= 11 is 0. The Morgan fingerprint density at radius 3 is 2.37 bits per heavy atom. The van der Waals surface area contributed by atoms with Gasteiger partial charge in [-0.3, -0.25) is 9.59 Å². The van der Waals surface area contributed by atoms with Crippen molar-refractivity contribution in [2.75, 3.05) is 20.3 Å². The van der Waals surface area contributed by atoms with E-state index >= 15 is 0 Å². The molecule has 1 saturated heterocycles. The van der Waals surface area contributed by atoms with Crippen LogP contribution in [0.25, 0.3) is 5.76 Å². The Bertz CT molecular complexity index is 1220. The molecule has 1 fully saturated rings. The lowest BCUT2D eigenvalue weighted by Crippen LogP contribution is -2.31. The fourth-order valence-corrected chi connectivity index (χ4v) is 4.25. The number of Topliss-reactive ketones (excluding diaryl/α,β-unsaturated/α-hetero) is 1. The third-order valence-electron chi connectivity index (χ3n) is 6.03. The smallest absolute Gasteiger partial charge is 0.295 e. The molecule has 0 spiro atoms. The quantitative estimate of drug-likeness (QED) is 0.265. The molecule has 0 saturated carbocycles. The minimum absolute atomic E-state index is 0.0681. The van der Waals surface area contributed by atoms with Gasteiger partial charge in [0, 0.05) is 12.1 Å². The summed E-state index contributed by atoms with van der Waals surface area (Å²) in [7, 11) is 1.56. The highest BCUT2D eigenvalue weighted by molar-refractivity contribution is 6.46. The van der Waals surface area contributed by atoms with Gasteiger partial charge in [-0.1, -0.05) is 49.4 Å². The maximum absolute atomic E-state index is 13.2. The summed E-state index contributed by atoms with van der Waals surface area (Å²) in [5.74, 6) is -0.252. The number of hydrogen-bond acceptors (Lipinski definition) is 5. The van der Waals surface area contributed by atoms with Crippen molar-refractivity contribution in [2.24, 2.45) is 0 Å². The molecule has 6 nitrogen and oxygen atoms in total. The number of nitrogens with zero attached hydrogens (tertiary/aromatic N) is 1.